The van der Waals surface area contributed by atoms with Crippen molar-refractivity contribution in [1.82, 2.24) is 9.88 Å². The van der Waals surface area contributed by atoms with Crippen LogP contribution in [0.15, 0.2) is 59.7 Å². The lowest BCUT2D eigenvalue weighted by molar-refractivity contribution is 0.340. The summed E-state index contributed by atoms with van der Waals surface area (Å²) < 4.78 is 0. The first-order valence-electron chi connectivity index (χ1n) is 7.93. The molecular weight excluding hydrogens is 399 g/mol. The summed E-state index contributed by atoms with van der Waals surface area (Å²) in [6, 6.07) is 16.2. The molecule has 0 spiro atoms. The molecule has 0 amide bonds. The van der Waals surface area contributed by atoms with Gasteiger partial charge in [0.1, 0.15) is 0 Å². The van der Waals surface area contributed by atoms with Crippen LogP contribution in [0.25, 0.3) is 0 Å². The highest BCUT2D eigenvalue weighted by molar-refractivity contribution is 14.0. The van der Waals surface area contributed by atoms with Gasteiger partial charge < -0.3 is 10.2 Å². The van der Waals surface area contributed by atoms with Gasteiger partial charge >= 0.3 is 0 Å². The van der Waals surface area contributed by atoms with E-state index in [0.29, 0.717) is 6.54 Å². The topological polar surface area (TPSA) is 40.5 Å². The summed E-state index contributed by atoms with van der Waals surface area (Å²) in [6.45, 7) is 2.74. The molecule has 1 saturated heterocycles. The van der Waals surface area contributed by atoms with Gasteiger partial charge in [0, 0.05) is 25.0 Å². The molecule has 1 aliphatic rings. The number of para-hydroxylation sites is 1. The highest BCUT2D eigenvalue weighted by atomic mass is 127. The monoisotopic (exact) mass is 422 g/mol. The van der Waals surface area contributed by atoms with E-state index in [2.05, 4.69) is 27.3 Å². The number of nitrogens with zero attached hydrogens (tertiary/aromatic N) is 3. The minimum atomic E-state index is 0. The van der Waals surface area contributed by atoms with Crippen LogP contribution < -0.4 is 5.32 Å². The molecule has 3 rings (SSSR count). The normalized spacial score (nSPS) is 15.0. The summed E-state index contributed by atoms with van der Waals surface area (Å²) in [5.41, 5.74) is 2.07. The molecule has 23 heavy (non-hydrogen) atoms. The Bertz CT molecular complexity index is 595. The molecule has 122 valence electrons. The molecule has 0 unspecified atom stereocenters. The molecule has 1 aromatic carbocycles. The van der Waals surface area contributed by atoms with Crippen LogP contribution >= 0.6 is 24.0 Å². The summed E-state index contributed by atoms with van der Waals surface area (Å²) in [7, 11) is 0. The largest absolute Gasteiger partial charge is 0.343 e. The Labute approximate surface area is 155 Å². The van der Waals surface area contributed by atoms with Crippen LogP contribution in [0.2, 0.25) is 0 Å². The van der Waals surface area contributed by atoms with Crippen LogP contribution in [0.3, 0.4) is 0 Å². The number of nitrogens with one attached hydrogen (secondary N) is 1. The van der Waals surface area contributed by atoms with E-state index < -0.39 is 0 Å². The molecular formula is C18H23IN4. The lowest BCUT2D eigenvalue weighted by Gasteiger charge is -2.30. The molecule has 2 heterocycles. The average molecular weight is 422 g/mol. The predicted molar refractivity (Wildman–Crippen MR) is 106 cm³/mol. The van der Waals surface area contributed by atoms with E-state index in [1.807, 2.05) is 42.6 Å². The van der Waals surface area contributed by atoms with E-state index in [9.17, 15) is 0 Å². The number of hydrogen-bond donors (Lipinski definition) is 1. The lowest BCUT2D eigenvalue weighted by atomic mass is 10.1. The maximum absolute atomic E-state index is 4.78. The molecule has 4 nitrogen and oxygen atoms in total. The van der Waals surface area contributed by atoms with Crippen molar-refractivity contribution in [2.75, 3.05) is 18.4 Å². The Balaban J connectivity index is 0.00000192. The van der Waals surface area contributed by atoms with Crippen LogP contribution in [0, 0.1) is 0 Å². The number of guanidine groups is 1. The standard InChI is InChI=1S/C18H22N4.HI/c1-3-9-16(10-4-1)21-18(22-13-7-2-8-14-22)20-15-17-11-5-6-12-19-17;/h1,3-6,9-12H,2,7-8,13-15H2,(H,20,21);1H. The second-order valence-corrected chi connectivity index (χ2v) is 5.50. The van der Waals surface area contributed by atoms with Gasteiger partial charge in [-0.15, -0.1) is 24.0 Å². The van der Waals surface area contributed by atoms with Crippen LogP contribution in [-0.2, 0) is 6.54 Å². The van der Waals surface area contributed by atoms with Gasteiger partial charge in [-0.2, -0.15) is 0 Å². The van der Waals surface area contributed by atoms with Crippen LogP contribution in [0.5, 0.6) is 0 Å². The molecule has 0 radical (unpaired) electrons. The van der Waals surface area contributed by atoms with E-state index >= 15 is 0 Å². The summed E-state index contributed by atoms with van der Waals surface area (Å²) >= 11 is 0. The third kappa shape index (κ3) is 5.49. The second-order valence-electron chi connectivity index (χ2n) is 5.50. The summed E-state index contributed by atoms with van der Waals surface area (Å²) in [5.74, 6) is 0.955. The zero-order valence-corrected chi connectivity index (χ0v) is 15.5. The first-order chi connectivity index (χ1) is 10.9. The first kappa shape index (κ1) is 17.7. The molecule has 1 aliphatic heterocycles. The number of piperidine rings is 1. The molecule has 0 aliphatic carbocycles. The molecule has 0 bridgehead atoms. The van der Waals surface area contributed by atoms with Gasteiger partial charge in [-0.3, -0.25) is 4.98 Å². The summed E-state index contributed by atoms with van der Waals surface area (Å²) in [6.07, 6.45) is 5.60. The van der Waals surface area contributed by atoms with E-state index in [1.165, 1.54) is 19.3 Å². The van der Waals surface area contributed by atoms with Crippen LogP contribution in [-0.4, -0.2) is 28.9 Å². The molecule has 5 heteroatoms. The van der Waals surface area contributed by atoms with Crippen LogP contribution in [0.1, 0.15) is 25.0 Å². The SMILES string of the molecule is I.c1ccc(NC(=NCc2ccccn2)N2CCCCC2)cc1. The van der Waals surface area contributed by atoms with Crippen molar-refractivity contribution >= 4 is 35.6 Å². The maximum atomic E-state index is 4.78. The lowest BCUT2D eigenvalue weighted by Crippen LogP contribution is -2.40. The van der Waals surface area contributed by atoms with E-state index in [0.717, 1.165) is 30.4 Å². The van der Waals surface area contributed by atoms with Gasteiger partial charge in [-0.1, -0.05) is 24.3 Å². The quantitative estimate of drug-likeness (QED) is 0.459. The van der Waals surface area contributed by atoms with Gasteiger partial charge in [0.2, 0.25) is 0 Å². The number of hydrogen-bond acceptors (Lipinski definition) is 2. The predicted octanol–water partition coefficient (Wildman–Crippen LogP) is 4.15. The van der Waals surface area contributed by atoms with Gasteiger partial charge in [-0.25, -0.2) is 4.99 Å². The van der Waals surface area contributed by atoms with Crippen molar-refractivity contribution in [3.63, 3.8) is 0 Å². The molecule has 1 N–H and O–H groups in total. The second kappa shape index (κ2) is 9.50. The van der Waals surface area contributed by atoms with Gasteiger partial charge in [0.15, 0.2) is 5.96 Å². The number of benzene rings is 1. The number of halogens is 1. The Morgan fingerprint density at radius 1 is 1.00 bits per heavy atom. The van der Waals surface area contributed by atoms with E-state index in [-0.39, 0.29) is 24.0 Å². The summed E-state index contributed by atoms with van der Waals surface area (Å²) in [4.78, 5) is 11.5. The molecule has 0 atom stereocenters. The van der Waals surface area contributed by atoms with Gasteiger partial charge in [0.25, 0.3) is 0 Å². The van der Waals surface area contributed by atoms with Gasteiger partial charge in [-0.05, 0) is 43.5 Å². The van der Waals surface area contributed by atoms with Gasteiger partial charge in [0.05, 0.1) is 12.2 Å². The van der Waals surface area contributed by atoms with Crippen molar-refractivity contribution in [2.45, 2.75) is 25.8 Å². The van der Waals surface area contributed by atoms with E-state index in [1.54, 1.807) is 0 Å². The molecule has 2 aromatic rings. The minimum Gasteiger partial charge on any atom is -0.343 e. The number of aromatic nitrogens is 1. The molecule has 1 fully saturated rings. The zero-order valence-electron chi connectivity index (χ0n) is 13.2. The number of aliphatic imine (C=N–C) groups is 1. The third-order valence-corrected chi connectivity index (χ3v) is 3.80. The fourth-order valence-electron chi connectivity index (χ4n) is 2.62. The highest BCUT2D eigenvalue weighted by Gasteiger charge is 2.15. The summed E-state index contributed by atoms with van der Waals surface area (Å²) in [5, 5.41) is 3.47. The number of pyridine rings is 1. The fourth-order valence-corrected chi connectivity index (χ4v) is 2.62. The number of likely N-dealkylation sites (tertiary alicyclic amines) is 1. The van der Waals surface area contributed by atoms with Crippen molar-refractivity contribution in [3.8, 4) is 0 Å². The van der Waals surface area contributed by atoms with E-state index in [4.69, 9.17) is 4.99 Å². The smallest absolute Gasteiger partial charge is 0.198 e. The third-order valence-electron chi connectivity index (χ3n) is 3.80. The molecule has 1 aromatic heterocycles. The Hall–Kier alpha value is -1.63. The Morgan fingerprint density at radius 2 is 1.74 bits per heavy atom. The Morgan fingerprint density at radius 3 is 2.43 bits per heavy atom. The number of rotatable bonds is 3. The first-order valence-corrected chi connectivity index (χ1v) is 7.93. The average Bonchev–Trinajstić information content (AvgIpc) is 2.61. The van der Waals surface area contributed by atoms with Crippen molar-refractivity contribution in [1.29, 1.82) is 0 Å². The van der Waals surface area contributed by atoms with Crippen molar-refractivity contribution in [3.05, 3.63) is 60.4 Å². The molecule has 0 saturated carbocycles. The minimum absolute atomic E-state index is 0. The number of anilines is 1. The Kier molecular flexibility index (Phi) is 7.32. The fraction of sp³-hybridized carbons (Fsp3) is 0.333. The van der Waals surface area contributed by atoms with Crippen molar-refractivity contribution in [2.24, 2.45) is 4.99 Å². The van der Waals surface area contributed by atoms with Crippen LogP contribution in [0.4, 0.5) is 5.69 Å². The zero-order chi connectivity index (χ0) is 15.0. The van der Waals surface area contributed by atoms with Crippen molar-refractivity contribution < 1.29 is 0 Å². The maximum Gasteiger partial charge on any atom is 0.198 e. The highest BCUT2D eigenvalue weighted by Crippen LogP contribution is 2.13.